The van der Waals surface area contributed by atoms with Crippen LogP contribution in [0.25, 0.3) is 0 Å². The Kier molecular flexibility index (Phi) is 3.58. The molecule has 1 aliphatic carbocycles. The lowest BCUT2D eigenvalue weighted by molar-refractivity contribution is 0.126. The van der Waals surface area contributed by atoms with E-state index in [1.54, 1.807) is 19.4 Å². The van der Waals surface area contributed by atoms with Crippen LogP contribution < -0.4 is 5.06 Å². The van der Waals surface area contributed by atoms with Crippen LogP contribution in [-0.4, -0.2) is 29.4 Å². The largest absolute Gasteiger partial charge is 0.377 e. The lowest BCUT2D eigenvalue weighted by Gasteiger charge is -2.22. The Hall–Kier alpha value is -0.910. The molecular formula is C11H13BrN2O2. The van der Waals surface area contributed by atoms with E-state index in [9.17, 15) is 5.21 Å². The van der Waals surface area contributed by atoms with Crippen LogP contribution in [0.1, 0.15) is 6.42 Å². The van der Waals surface area contributed by atoms with Gasteiger partial charge >= 0.3 is 0 Å². The van der Waals surface area contributed by atoms with Crippen molar-refractivity contribution in [1.29, 1.82) is 0 Å². The second kappa shape index (κ2) is 4.95. The van der Waals surface area contributed by atoms with E-state index < -0.39 is 0 Å². The lowest BCUT2D eigenvalue weighted by atomic mass is 10.2. The number of ether oxygens (including phenoxy) is 1. The molecule has 16 heavy (non-hydrogen) atoms. The minimum atomic E-state index is -0.0707. The van der Waals surface area contributed by atoms with Gasteiger partial charge in [-0.3, -0.25) is 5.21 Å². The molecule has 0 spiro atoms. The summed E-state index contributed by atoms with van der Waals surface area (Å²) in [5.41, 5.74) is 0. The minimum absolute atomic E-state index is 0.0707. The van der Waals surface area contributed by atoms with Crippen molar-refractivity contribution in [2.24, 2.45) is 0 Å². The Labute approximate surface area is 103 Å². The Morgan fingerprint density at radius 2 is 2.31 bits per heavy atom. The van der Waals surface area contributed by atoms with Gasteiger partial charge < -0.3 is 4.74 Å². The second-order valence-electron chi connectivity index (χ2n) is 3.64. The smallest absolute Gasteiger partial charge is 0.152 e. The second-order valence-corrected chi connectivity index (χ2v) is 4.56. The summed E-state index contributed by atoms with van der Waals surface area (Å²) in [6.07, 6.45) is 6.36. The molecule has 1 aliphatic rings. The van der Waals surface area contributed by atoms with E-state index >= 15 is 0 Å². The zero-order valence-electron chi connectivity index (χ0n) is 8.88. The Morgan fingerprint density at radius 3 is 2.88 bits per heavy atom. The number of rotatable bonds is 3. The van der Waals surface area contributed by atoms with E-state index in [2.05, 4.69) is 20.9 Å². The standard InChI is InChI=1S/C11H13BrN2O2/c1-16-10-4-3-9(6-10)14(15)11-5-2-8(12)7-13-11/h2-5,7,9-10,15H,6H2,1H3/t9-,10+/m0/s1. The molecule has 0 fully saturated rings. The van der Waals surface area contributed by atoms with Crippen LogP contribution in [0.3, 0.4) is 0 Å². The molecule has 0 saturated carbocycles. The van der Waals surface area contributed by atoms with Crippen LogP contribution >= 0.6 is 15.9 Å². The Balaban J connectivity index is 2.06. The van der Waals surface area contributed by atoms with Crippen LogP contribution in [0.2, 0.25) is 0 Å². The summed E-state index contributed by atoms with van der Waals surface area (Å²) < 4.78 is 6.08. The number of anilines is 1. The van der Waals surface area contributed by atoms with Crippen LogP contribution in [0.5, 0.6) is 0 Å². The van der Waals surface area contributed by atoms with E-state index in [0.29, 0.717) is 5.82 Å². The van der Waals surface area contributed by atoms with Gasteiger partial charge in [0.1, 0.15) is 0 Å². The number of pyridine rings is 1. The third kappa shape index (κ3) is 2.42. The lowest BCUT2D eigenvalue weighted by Crippen LogP contribution is -2.31. The monoisotopic (exact) mass is 284 g/mol. The van der Waals surface area contributed by atoms with Gasteiger partial charge in [0.15, 0.2) is 5.82 Å². The van der Waals surface area contributed by atoms with Crippen molar-refractivity contribution in [3.05, 3.63) is 35.0 Å². The van der Waals surface area contributed by atoms with Crippen molar-refractivity contribution in [3.63, 3.8) is 0 Å². The predicted octanol–water partition coefficient (Wildman–Crippen LogP) is 2.38. The number of hydrogen-bond acceptors (Lipinski definition) is 4. The van der Waals surface area contributed by atoms with Crippen molar-refractivity contribution in [2.45, 2.75) is 18.6 Å². The third-order valence-corrected chi connectivity index (χ3v) is 3.05. The van der Waals surface area contributed by atoms with Crippen molar-refractivity contribution in [3.8, 4) is 0 Å². The highest BCUT2D eigenvalue weighted by Crippen LogP contribution is 2.22. The first-order valence-corrected chi connectivity index (χ1v) is 5.81. The third-order valence-electron chi connectivity index (χ3n) is 2.59. The number of hydrogen-bond donors (Lipinski definition) is 1. The van der Waals surface area contributed by atoms with Crippen molar-refractivity contribution in [2.75, 3.05) is 12.2 Å². The van der Waals surface area contributed by atoms with E-state index in [1.807, 2.05) is 18.2 Å². The fraction of sp³-hybridized carbons (Fsp3) is 0.364. The highest BCUT2D eigenvalue weighted by Gasteiger charge is 2.24. The maximum atomic E-state index is 9.97. The van der Waals surface area contributed by atoms with Crippen molar-refractivity contribution in [1.82, 2.24) is 4.98 Å². The summed E-state index contributed by atoms with van der Waals surface area (Å²) in [6, 6.07) is 3.54. The molecule has 86 valence electrons. The van der Waals surface area contributed by atoms with Gasteiger partial charge in [-0.05, 0) is 28.1 Å². The minimum Gasteiger partial charge on any atom is -0.377 e. The predicted molar refractivity (Wildman–Crippen MR) is 64.5 cm³/mol. The van der Waals surface area contributed by atoms with Gasteiger partial charge in [-0.15, -0.1) is 0 Å². The first kappa shape index (κ1) is 11.6. The molecule has 0 saturated heterocycles. The molecule has 0 aliphatic heterocycles. The highest BCUT2D eigenvalue weighted by molar-refractivity contribution is 9.10. The molecule has 0 unspecified atom stereocenters. The van der Waals surface area contributed by atoms with Crippen molar-refractivity contribution >= 4 is 21.7 Å². The van der Waals surface area contributed by atoms with Crippen LogP contribution in [0.15, 0.2) is 35.0 Å². The summed E-state index contributed by atoms with van der Waals surface area (Å²) in [7, 11) is 1.66. The Morgan fingerprint density at radius 1 is 1.50 bits per heavy atom. The molecule has 2 rings (SSSR count). The zero-order valence-corrected chi connectivity index (χ0v) is 10.5. The maximum absolute atomic E-state index is 9.97. The quantitative estimate of drug-likeness (QED) is 0.684. The number of methoxy groups -OCH3 is 1. The maximum Gasteiger partial charge on any atom is 0.152 e. The molecule has 4 nitrogen and oxygen atoms in total. The van der Waals surface area contributed by atoms with E-state index in [0.717, 1.165) is 10.9 Å². The summed E-state index contributed by atoms with van der Waals surface area (Å²) >= 11 is 3.30. The number of halogens is 1. The fourth-order valence-corrected chi connectivity index (χ4v) is 1.91. The van der Waals surface area contributed by atoms with Gasteiger partial charge in [0.25, 0.3) is 0 Å². The SMILES string of the molecule is CO[C@@H]1C=C[C@H](N(O)c2ccc(Br)cn2)C1. The average Bonchev–Trinajstić information content (AvgIpc) is 2.77. The average molecular weight is 285 g/mol. The normalized spacial score (nSPS) is 23.7. The molecule has 0 radical (unpaired) electrons. The molecule has 1 aromatic heterocycles. The van der Waals surface area contributed by atoms with Crippen LogP contribution in [0.4, 0.5) is 5.82 Å². The molecule has 0 bridgehead atoms. The van der Waals surface area contributed by atoms with E-state index in [-0.39, 0.29) is 12.1 Å². The Bertz CT molecular complexity index is 380. The molecule has 1 N–H and O–H groups in total. The van der Waals surface area contributed by atoms with Gasteiger partial charge in [0, 0.05) is 24.2 Å². The molecular weight excluding hydrogens is 272 g/mol. The van der Waals surface area contributed by atoms with Crippen molar-refractivity contribution < 1.29 is 9.94 Å². The van der Waals surface area contributed by atoms with E-state index in [1.165, 1.54) is 5.06 Å². The summed E-state index contributed by atoms with van der Waals surface area (Å²) in [6.45, 7) is 0. The first-order chi connectivity index (χ1) is 7.70. The molecule has 1 aromatic rings. The summed E-state index contributed by atoms with van der Waals surface area (Å²) in [5, 5.41) is 11.1. The first-order valence-electron chi connectivity index (χ1n) is 5.01. The number of hydroxylamine groups is 1. The number of aromatic nitrogens is 1. The summed E-state index contributed by atoms with van der Waals surface area (Å²) in [5.74, 6) is 0.537. The number of nitrogens with zero attached hydrogens (tertiary/aromatic N) is 2. The summed E-state index contributed by atoms with van der Waals surface area (Å²) in [4.78, 5) is 4.13. The molecule has 1 heterocycles. The van der Waals surface area contributed by atoms with Crippen LogP contribution in [0, 0.1) is 0 Å². The topological polar surface area (TPSA) is 45.6 Å². The molecule has 0 amide bonds. The molecule has 2 atom stereocenters. The van der Waals surface area contributed by atoms with Gasteiger partial charge in [0.05, 0.1) is 12.1 Å². The van der Waals surface area contributed by atoms with E-state index in [4.69, 9.17) is 4.74 Å². The van der Waals surface area contributed by atoms with Gasteiger partial charge in [-0.25, -0.2) is 10.0 Å². The fourth-order valence-electron chi connectivity index (χ4n) is 1.68. The van der Waals surface area contributed by atoms with Gasteiger partial charge in [-0.1, -0.05) is 12.2 Å². The van der Waals surface area contributed by atoms with Crippen LogP contribution in [-0.2, 0) is 4.74 Å². The molecule has 0 aromatic carbocycles. The van der Waals surface area contributed by atoms with Gasteiger partial charge in [0.2, 0.25) is 0 Å². The zero-order chi connectivity index (χ0) is 11.5. The van der Waals surface area contributed by atoms with Gasteiger partial charge in [-0.2, -0.15) is 0 Å². The molecule has 5 heteroatoms. The highest BCUT2D eigenvalue weighted by atomic mass is 79.9.